The third-order valence-electron chi connectivity index (χ3n) is 20.6. The molecule has 0 aromatic rings. The van der Waals surface area contributed by atoms with Gasteiger partial charge in [-0.05, 0) is 111 Å². The van der Waals surface area contributed by atoms with E-state index in [1.54, 1.807) is 0 Å². The molecule has 28 unspecified atom stereocenters. The quantitative estimate of drug-likeness (QED) is 0.0665. The topological polar surface area (TPSA) is 388 Å². The Bertz CT molecular complexity index is 2220. The summed E-state index contributed by atoms with van der Waals surface area (Å²) in [7, 11) is 0. The van der Waals surface area contributed by atoms with Crippen LogP contribution >= 0.6 is 0 Å². The molecule has 0 amide bonds. The van der Waals surface area contributed by atoms with Crippen molar-refractivity contribution in [3.63, 3.8) is 0 Å². The van der Waals surface area contributed by atoms with Crippen molar-refractivity contribution in [3.8, 4) is 0 Å². The molecule has 76 heavy (non-hydrogen) atoms. The average molecular weight is 1090 g/mol. The number of carbonyl (C=O) groups is 3. The van der Waals surface area contributed by atoms with Gasteiger partial charge in [0.1, 0.15) is 73.2 Å². The zero-order valence-corrected chi connectivity index (χ0v) is 43.9. The molecule has 9 rings (SSSR count). The van der Waals surface area contributed by atoms with Gasteiger partial charge < -0.3 is 104 Å². The molecule has 4 aliphatic heterocycles. The summed E-state index contributed by atoms with van der Waals surface area (Å²) in [5, 5.41) is 140. The second-order valence-corrected chi connectivity index (χ2v) is 25.3. The number of aliphatic carboxylic acids is 2. The van der Waals surface area contributed by atoms with Crippen LogP contribution < -0.4 is 0 Å². The summed E-state index contributed by atoms with van der Waals surface area (Å²) in [4.78, 5) is 40.9. The Balaban J connectivity index is 0.957. The van der Waals surface area contributed by atoms with Crippen LogP contribution in [0.3, 0.4) is 0 Å². The Morgan fingerprint density at radius 1 is 0.592 bits per heavy atom. The van der Waals surface area contributed by atoms with Crippen LogP contribution in [0.25, 0.3) is 0 Å². The third kappa shape index (κ3) is 9.09. The lowest BCUT2D eigenvalue weighted by atomic mass is 9.33. The molecule has 0 aromatic carbocycles. The van der Waals surface area contributed by atoms with Crippen molar-refractivity contribution in [2.75, 3.05) is 13.2 Å². The molecule has 0 radical (unpaired) electrons. The van der Waals surface area contributed by atoms with Gasteiger partial charge in [-0.2, -0.15) is 0 Å². The molecule has 0 bridgehead atoms. The van der Waals surface area contributed by atoms with Gasteiger partial charge in [0.25, 0.3) is 0 Å². The Kier molecular flexibility index (Phi) is 15.6. The van der Waals surface area contributed by atoms with Crippen molar-refractivity contribution in [3.05, 3.63) is 11.6 Å². The smallest absolute Gasteiger partial charge is 0.335 e. The number of rotatable bonds is 10. The number of ether oxygens (including phenoxy) is 8. The number of carboxylic acid groups (broad SMARTS) is 2. The minimum atomic E-state index is -2.01. The van der Waals surface area contributed by atoms with Gasteiger partial charge in [-0.15, -0.1) is 0 Å². The minimum Gasteiger partial charge on any atom is -0.481 e. The van der Waals surface area contributed by atoms with Gasteiger partial charge in [-0.3, -0.25) is 9.59 Å². The predicted molar refractivity (Wildman–Crippen MR) is 253 cm³/mol. The lowest BCUT2D eigenvalue weighted by Gasteiger charge is -2.71. The fourth-order valence-corrected chi connectivity index (χ4v) is 16.0. The first-order valence-electron chi connectivity index (χ1n) is 26.8. The second-order valence-electron chi connectivity index (χ2n) is 25.3. The summed E-state index contributed by atoms with van der Waals surface area (Å²) in [5.74, 6) is -4.75. The molecular formula is C52H80O24. The van der Waals surface area contributed by atoms with Crippen LogP contribution in [0.15, 0.2) is 11.6 Å². The number of carboxylic acids is 2. The first-order valence-corrected chi connectivity index (χ1v) is 26.8. The minimum absolute atomic E-state index is 0.0600. The highest BCUT2D eigenvalue weighted by Crippen LogP contribution is 2.76. The maximum atomic E-state index is 15.3. The number of fused-ring (bicyclic) bond motifs is 7. The van der Waals surface area contributed by atoms with E-state index in [1.807, 2.05) is 6.92 Å². The number of allylic oxidation sites excluding steroid dienone is 2. The SMILES string of the molecule is CC1OC(OC2C(OC(=O)C34CCC(C)(C)CC3C3=CCC5C6(C)CC(O)C(OC7OC(C(=O)O)C(O)C(O)C7O)C(C)(C(=O)O)C6CCC5(C)C3(C)CC4)OCC(O)C2O)C(O)C(O)C1OC1OCC(O)C(O)C1O. The number of esters is 1. The summed E-state index contributed by atoms with van der Waals surface area (Å²) < 4.78 is 46.7. The van der Waals surface area contributed by atoms with Crippen molar-refractivity contribution in [2.45, 2.75) is 229 Å². The van der Waals surface area contributed by atoms with Crippen molar-refractivity contribution >= 4 is 17.9 Å². The van der Waals surface area contributed by atoms with Gasteiger partial charge in [-0.1, -0.05) is 46.3 Å². The van der Waals surface area contributed by atoms with E-state index >= 15 is 4.79 Å². The number of aliphatic hydroxyl groups is 11. The summed E-state index contributed by atoms with van der Waals surface area (Å²) in [5.41, 5.74) is -4.00. The summed E-state index contributed by atoms with van der Waals surface area (Å²) in [6.45, 7) is 12.8. The van der Waals surface area contributed by atoms with Crippen molar-refractivity contribution in [1.29, 1.82) is 0 Å². The average Bonchev–Trinajstić information content (AvgIpc) is 3.34. The van der Waals surface area contributed by atoms with Gasteiger partial charge in [0.05, 0.1) is 36.3 Å². The fourth-order valence-electron chi connectivity index (χ4n) is 16.0. The highest BCUT2D eigenvalue weighted by Gasteiger charge is 2.73. The molecule has 24 nitrogen and oxygen atoms in total. The molecule has 28 atom stereocenters. The highest BCUT2D eigenvalue weighted by atomic mass is 16.8. The summed E-state index contributed by atoms with van der Waals surface area (Å²) >= 11 is 0. The fraction of sp³-hybridized carbons (Fsp3) is 0.904. The molecule has 8 fully saturated rings. The van der Waals surface area contributed by atoms with Crippen LogP contribution in [0, 0.1) is 50.2 Å². The maximum Gasteiger partial charge on any atom is 0.335 e. The van der Waals surface area contributed by atoms with E-state index in [2.05, 4.69) is 33.8 Å². The number of aliphatic hydroxyl groups excluding tert-OH is 11. The van der Waals surface area contributed by atoms with Gasteiger partial charge in [0.15, 0.2) is 31.1 Å². The number of hydrogen-bond donors (Lipinski definition) is 13. The molecule has 0 spiro atoms. The van der Waals surface area contributed by atoms with E-state index in [0.29, 0.717) is 51.4 Å². The molecule has 4 saturated heterocycles. The monoisotopic (exact) mass is 1090 g/mol. The standard InChI is InChI=1S/C52H80O24/c1-20-36(72-41-33(61)28(56)24(54)18-69-41)32(60)35(63)42(71-20)74-38-29(57)25(55)19-70-44(38)76-46(68)52-14-12-47(2,3)16-22(52)21-8-9-26-48(4)17-23(53)39(75-43-34(62)30(58)31(59)37(73-43)40(64)65)51(7,45(66)67)27(48)10-11-50(26,6)49(21,5)13-15-52/h8,20,22-39,41-44,53-63H,9-19H2,1-7H3,(H,64,65)(H,66,67). The predicted octanol–water partition coefficient (Wildman–Crippen LogP) is -1.60. The zero-order chi connectivity index (χ0) is 55.7. The second kappa shape index (κ2) is 20.4. The lowest BCUT2D eigenvalue weighted by molar-refractivity contribution is -0.368. The molecule has 5 aliphatic carbocycles. The van der Waals surface area contributed by atoms with E-state index in [9.17, 15) is 76.0 Å². The van der Waals surface area contributed by atoms with Crippen LogP contribution in [-0.4, -0.2) is 220 Å². The van der Waals surface area contributed by atoms with Crippen molar-refractivity contribution in [1.82, 2.24) is 0 Å². The Morgan fingerprint density at radius 2 is 1.18 bits per heavy atom. The largest absolute Gasteiger partial charge is 0.481 e. The molecular weight excluding hydrogens is 1010 g/mol. The Labute approximate surface area is 439 Å². The Morgan fingerprint density at radius 3 is 1.84 bits per heavy atom. The number of hydrogen-bond acceptors (Lipinski definition) is 22. The van der Waals surface area contributed by atoms with Crippen LogP contribution in [0.4, 0.5) is 0 Å². The summed E-state index contributed by atoms with van der Waals surface area (Å²) in [6, 6.07) is 0. The first kappa shape index (κ1) is 58.1. The third-order valence-corrected chi connectivity index (χ3v) is 20.6. The molecule has 4 saturated carbocycles. The van der Waals surface area contributed by atoms with E-state index in [4.69, 9.17) is 37.9 Å². The lowest BCUT2D eigenvalue weighted by Crippen LogP contribution is -2.70. The molecule has 9 aliphatic rings. The van der Waals surface area contributed by atoms with Crippen molar-refractivity contribution < 1.29 is 119 Å². The summed E-state index contributed by atoms with van der Waals surface area (Å²) in [6.07, 6.45) is -27.3. The zero-order valence-electron chi connectivity index (χ0n) is 43.9. The molecule has 432 valence electrons. The van der Waals surface area contributed by atoms with Crippen LogP contribution in [0.2, 0.25) is 0 Å². The van der Waals surface area contributed by atoms with Crippen LogP contribution in [-0.2, 0) is 52.3 Å². The van der Waals surface area contributed by atoms with Gasteiger partial charge >= 0.3 is 17.9 Å². The van der Waals surface area contributed by atoms with E-state index in [-0.39, 0.29) is 30.3 Å². The van der Waals surface area contributed by atoms with Crippen molar-refractivity contribution in [2.24, 2.45) is 50.2 Å². The number of carbonyl (C=O) groups excluding carboxylic acids is 1. The van der Waals surface area contributed by atoms with Crippen LogP contribution in [0.1, 0.15) is 106 Å². The molecule has 0 aromatic heterocycles. The van der Waals surface area contributed by atoms with E-state index < -0.39 is 180 Å². The van der Waals surface area contributed by atoms with E-state index in [1.165, 1.54) is 13.8 Å². The van der Waals surface area contributed by atoms with Gasteiger partial charge in [0, 0.05) is 0 Å². The molecule has 13 N–H and O–H groups in total. The molecule has 24 heteroatoms. The maximum absolute atomic E-state index is 15.3. The normalized spacial score (nSPS) is 54.1. The van der Waals surface area contributed by atoms with Gasteiger partial charge in [0.2, 0.25) is 6.29 Å². The van der Waals surface area contributed by atoms with E-state index in [0.717, 1.165) is 5.57 Å². The Hall–Kier alpha value is -2.57. The molecule has 4 heterocycles. The first-order chi connectivity index (χ1) is 35.4. The van der Waals surface area contributed by atoms with Gasteiger partial charge in [-0.25, -0.2) is 4.79 Å². The highest BCUT2D eigenvalue weighted by molar-refractivity contribution is 5.79. The van der Waals surface area contributed by atoms with Crippen LogP contribution in [0.5, 0.6) is 0 Å².